The van der Waals surface area contributed by atoms with Gasteiger partial charge in [0.05, 0.1) is 13.2 Å². The summed E-state index contributed by atoms with van der Waals surface area (Å²) in [6.07, 6.45) is -7.65. The fourth-order valence-corrected chi connectivity index (χ4v) is 3.26. The number of alkyl halides is 3. The third-order valence-electron chi connectivity index (χ3n) is 4.93. The van der Waals surface area contributed by atoms with Gasteiger partial charge in [0.1, 0.15) is 12.1 Å². The first-order valence-corrected chi connectivity index (χ1v) is 9.51. The van der Waals surface area contributed by atoms with Gasteiger partial charge in [-0.05, 0) is 24.7 Å². The molecule has 1 saturated heterocycles. The third-order valence-corrected chi connectivity index (χ3v) is 4.93. The molecular formula is C18H30F3N3O5. The number of aliphatic hydroxyl groups is 1. The molecule has 0 bridgehead atoms. The SMILES string of the molecule is COC(=O)N[C@H](C(=O)N1CCC[C@H]1C(=O)N[C@@H](C(C)C)C(O)C(F)(F)F)C(C)C. The van der Waals surface area contributed by atoms with Crippen molar-refractivity contribution in [2.45, 2.75) is 70.9 Å². The third kappa shape index (κ3) is 6.48. The molecule has 29 heavy (non-hydrogen) atoms. The summed E-state index contributed by atoms with van der Waals surface area (Å²) >= 11 is 0. The lowest BCUT2D eigenvalue weighted by molar-refractivity contribution is -0.215. The number of methoxy groups -OCH3 is 1. The quantitative estimate of drug-likeness (QED) is 0.572. The lowest BCUT2D eigenvalue weighted by atomic mass is 9.97. The van der Waals surface area contributed by atoms with Crippen LogP contribution in [0.3, 0.4) is 0 Å². The lowest BCUT2D eigenvalue weighted by Crippen LogP contribution is -2.59. The number of hydrogen-bond acceptors (Lipinski definition) is 5. The lowest BCUT2D eigenvalue weighted by Gasteiger charge is -2.33. The summed E-state index contributed by atoms with van der Waals surface area (Å²) < 4.78 is 43.3. The molecule has 1 aliphatic heterocycles. The number of hydrogen-bond donors (Lipinski definition) is 3. The Bertz CT molecular complexity index is 598. The molecular weight excluding hydrogens is 395 g/mol. The molecule has 1 fully saturated rings. The summed E-state index contributed by atoms with van der Waals surface area (Å²) in [6.45, 7) is 6.55. The van der Waals surface area contributed by atoms with Crippen molar-refractivity contribution in [2.75, 3.05) is 13.7 Å². The van der Waals surface area contributed by atoms with E-state index < -0.39 is 54.2 Å². The van der Waals surface area contributed by atoms with Gasteiger partial charge in [-0.15, -0.1) is 0 Å². The van der Waals surface area contributed by atoms with Crippen LogP contribution in [0.2, 0.25) is 0 Å². The normalized spacial score (nSPS) is 20.4. The summed E-state index contributed by atoms with van der Waals surface area (Å²) in [5, 5.41) is 14.3. The zero-order valence-electron chi connectivity index (χ0n) is 17.2. The summed E-state index contributed by atoms with van der Waals surface area (Å²) in [7, 11) is 1.15. The molecule has 3 N–H and O–H groups in total. The second-order valence-electron chi connectivity index (χ2n) is 7.81. The largest absolute Gasteiger partial charge is 0.453 e. The van der Waals surface area contributed by atoms with Crippen LogP contribution >= 0.6 is 0 Å². The fraction of sp³-hybridized carbons (Fsp3) is 0.833. The van der Waals surface area contributed by atoms with Crippen LogP contribution in [0, 0.1) is 11.8 Å². The van der Waals surface area contributed by atoms with Crippen LogP contribution in [-0.4, -0.2) is 72.0 Å². The monoisotopic (exact) mass is 425 g/mol. The van der Waals surface area contributed by atoms with Gasteiger partial charge in [-0.1, -0.05) is 27.7 Å². The van der Waals surface area contributed by atoms with Crippen LogP contribution < -0.4 is 10.6 Å². The maximum absolute atomic E-state index is 12.9. The topological polar surface area (TPSA) is 108 Å². The first-order valence-electron chi connectivity index (χ1n) is 9.51. The van der Waals surface area contributed by atoms with Crippen molar-refractivity contribution in [1.82, 2.24) is 15.5 Å². The molecule has 0 radical (unpaired) electrons. The highest BCUT2D eigenvalue weighted by Crippen LogP contribution is 2.26. The second kappa shape index (κ2) is 10.1. The number of nitrogens with zero attached hydrogens (tertiary/aromatic N) is 1. The van der Waals surface area contributed by atoms with Gasteiger partial charge in [-0.3, -0.25) is 9.59 Å². The van der Waals surface area contributed by atoms with Gasteiger partial charge >= 0.3 is 12.3 Å². The standard InChI is InChI=1S/C18H30F3N3O5/c1-9(2)12(14(25)18(19,20)21)22-15(26)11-7-6-8-24(11)16(27)13(10(3)4)23-17(28)29-5/h9-14,25H,6-8H2,1-5H3,(H,22,26)(H,23,28)/t11-,12-,13-,14?/m0/s1. The van der Waals surface area contributed by atoms with Gasteiger partial charge < -0.3 is 25.4 Å². The number of ether oxygens (including phenoxy) is 1. The summed E-state index contributed by atoms with van der Waals surface area (Å²) in [5.74, 6) is -2.27. The minimum atomic E-state index is -4.89. The van der Waals surface area contributed by atoms with Crippen LogP contribution in [0.5, 0.6) is 0 Å². The van der Waals surface area contributed by atoms with Gasteiger partial charge in [0, 0.05) is 6.54 Å². The number of aliphatic hydroxyl groups excluding tert-OH is 1. The van der Waals surface area contributed by atoms with E-state index in [0.717, 1.165) is 7.11 Å². The smallest absolute Gasteiger partial charge is 0.416 e. The molecule has 1 heterocycles. The van der Waals surface area contributed by atoms with Crippen molar-refractivity contribution < 1.29 is 37.4 Å². The Morgan fingerprint density at radius 2 is 1.69 bits per heavy atom. The van der Waals surface area contributed by atoms with Crippen molar-refractivity contribution in [3.63, 3.8) is 0 Å². The predicted molar refractivity (Wildman–Crippen MR) is 97.7 cm³/mol. The molecule has 0 spiro atoms. The van der Waals surface area contributed by atoms with Crippen molar-refractivity contribution >= 4 is 17.9 Å². The van der Waals surface area contributed by atoms with Gasteiger partial charge in [0.25, 0.3) is 0 Å². The minimum absolute atomic E-state index is 0.233. The van der Waals surface area contributed by atoms with E-state index in [4.69, 9.17) is 0 Å². The van der Waals surface area contributed by atoms with Crippen molar-refractivity contribution in [3.8, 4) is 0 Å². The van der Waals surface area contributed by atoms with Crippen molar-refractivity contribution in [3.05, 3.63) is 0 Å². The molecule has 4 atom stereocenters. The number of rotatable bonds is 7. The van der Waals surface area contributed by atoms with Crippen molar-refractivity contribution in [2.24, 2.45) is 11.8 Å². The van der Waals surface area contributed by atoms with E-state index in [1.165, 1.54) is 18.7 Å². The van der Waals surface area contributed by atoms with Crippen LogP contribution in [0.4, 0.5) is 18.0 Å². The van der Waals surface area contributed by atoms with Gasteiger partial charge in [-0.25, -0.2) is 4.79 Å². The zero-order valence-corrected chi connectivity index (χ0v) is 17.2. The number of amides is 3. The molecule has 1 aliphatic rings. The number of halogens is 3. The predicted octanol–water partition coefficient (Wildman–Crippen LogP) is 1.42. The number of likely N-dealkylation sites (tertiary alicyclic amines) is 1. The average molecular weight is 425 g/mol. The van der Waals surface area contributed by atoms with Gasteiger partial charge in [-0.2, -0.15) is 13.2 Å². The zero-order chi connectivity index (χ0) is 22.5. The molecule has 11 heteroatoms. The number of alkyl carbamates (subject to hydrolysis) is 1. The maximum atomic E-state index is 12.9. The Morgan fingerprint density at radius 3 is 2.14 bits per heavy atom. The van der Waals surface area contributed by atoms with Crippen LogP contribution in [-0.2, 0) is 14.3 Å². The number of carbonyl (C=O) groups excluding carboxylic acids is 3. The Kier molecular flexibility index (Phi) is 8.73. The van der Waals surface area contributed by atoms with Crippen molar-refractivity contribution in [1.29, 1.82) is 0 Å². The molecule has 1 rings (SSSR count). The van der Waals surface area contributed by atoms with Crippen LogP contribution in [0.25, 0.3) is 0 Å². The highest BCUT2D eigenvalue weighted by atomic mass is 19.4. The van der Waals surface area contributed by atoms with E-state index in [-0.39, 0.29) is 18.9 Å². The molecule has 168 valence electrons. The fourth-order valence-electron chi connectivity index (χ4n) is 3.26. The van der Waals surface area contributed by atoms with Gasteiger partial charge in [0.15, 0.2) is 6.10 Å². The molecule has 0 saturated carbocycles. The first-order chi connectivity index (χ1) is 13.3. The van der Waals surface area contributed by atoms with E-state index >= 15 is 0 Å². The maximum Gasteiger partial charge on any atom is 0.416 e. The summed E-state index contributed by atoms with van der Waals surface area (Å²) in [5.41, 5.74) is 0. The summed E-state index contributed by atoms with van der Waals surface area (Å²) in [4.78, 5) is 38.4. The highest BCUT2D eigenvalue weighted by Gasteiger charge is 2.46. The van der Waals surface area contributed by atoms with Crippen LogP contribution in [0.15, 0.2) is 0 Å². The Balaban J connectivity index is 2.97. The minimum Gasteiger partial charge on any atom is -0.453 e. The van der Waals surface area contributed by atoms with E-state index in [2.05, 4.69) is 15.4 Å². The Morgan fingerprint density at radius 1 is 1.10 bits per heavy atom. The average Bonchev–Trinajstić information content (AvgIpc) is 3.11. The Labute approximate surface area is 168 Å². The van der Waals surface area contributed by atoms with E-state index in [0.29, 0.717) is 6.42 Å². The van der Waals surface area contributed by atoms with E-state index in [1.807, 2.05) is 0 Å². The highest BCUT2D eigenvalue weighted by molar-refractivity contribution is 5.92. The molecule has 0 aromatic carbocycles. The molecule has 8 nitrogen and oxygen atoms in total. The number of carbonyl (C=O) groups is 3. The van der Waals surface area contributed by atoms with Crippen LogP contribution in [0.1, 0.15) is 40.5 Å². The number of nitrogens with one attached hydrogen (secondary N) is 2. The first kappa shape index (κ1) is 25.0. The molecule has 0 aliphatic carbocycles. The summed E-state index contributed by atoms with van der Waals surface area (Å²) in [6, 6.07) is -3.48. The Hall–Kier alpha value is -2.04. The molecule has 3 amide bonds. The van der Waals surface area contributed by atoms with Gasteiger partial charge in [0.2, 0.25) is 11.8 Å². The van der Waals surface area contributed by atoms with E-state index in [1.54, 1.807) is 13.8 Å². The van der Waals surface area contributed by atoms with E-state index in [9.17, 15) is 32.7 Å². The molecule has 0 aromatic rings. The second-order valence-corrected chi connectivity index (χ2v) is 7.81. The molecule has 0 aromatic heterocycles. The molecule has 1 unspecified atom stereocenters.